The fourth-order valence-electron chi connectivity index (χ4n) is 3.24. The highest BCUT2D eigenvalue weighted by molar-refractivity contribution is 7.21. The Morgan fingerprint density at radius 1 is 1.00 bits per heavy atom. The van der Waals surface area contributed by atoms with E-state index in [2.05, 4.69) is 0 Å². The van der Waals surface area contributed by atoms with Crippen molar-refractivity contribution >= 4 is 38.8 Å². The minimum absolute atomic E-state index is 0.0174. The van der Waals surface area contributed by atoms with Gasteiger partial charge in [0.25, 0.3) is 5.69 Å². The van der Waals surface area contributed by atoms with Gasteiger partial charge in [0.15, 0.2) is 0 Å². The summed E-state index contributed by atoms with van der Waals surface area (Å²) < 4.78 is 2.77. The van der Waals surface area contributed by atoms with Gasteiger partial charge in [0.2, 0.25) is 0 Å². The van der Waals surface area contributed by atoms with Crippen molar-refractivity contribution in [1.29, 1.82) is 0 Å². The first-order chi connectivity index (χ1) is 14.6. The molecule has 0 aliphatic rings. The molecule has 8 heteroatoms. The zero-order valence-electron chi connectivity index (χ0n) is 15.4. The van der Waals surface area contributed by atoms with Gasteiger partial charge in [-0.1, -0.05) is 41.9 Å². The van der Waals surface area contributed by atoms with Crippen LogP contribution in [0.15, 0.2) is 79.0 Å². The van der Waals surface area contributed by atoms with Crippen molar-refractivity contribution in [3.8, 4) is 27.5 Å². The lowest BCUT2D eigenvalue weighted by molar-refractivity contribution is -0.384. The Hall–Kier alpha value is -3.55. The zero-order valence-corrected chi connectivity index (χ0v) is 17.0. The summed E-state index contributed by atoms with van der Waals surface area (Å²) in [4.78, 5) is 15.6. The van der Waals surface area contributed by atoms with Crippen LogP contribution in [0.1, 0.15) is 0 Å². The van der Waals surface area contributed by atoms with Crippen LogP contribution in [0.5, 0.6) is 0 Å². The van der Waals surface area contributed by atoms with Crippen molar-refractivity contribution in [1.82, 2.24) is 14.8 Å². The van der Waals surface area contributed by atoms with Crippen LogP contribution < -0.4 is 0 Å². The van der Waals surface area contributed by atoms with Crippen molar-refractivity contribution < 1.29 is 4.92 Å². The molecule has 3 aromatic carbocycles. The van der Waals surface area contributed by atoms with Crippen LogP contribution >= 0.6 is 22.9 Å². The van der Waals surface area contributed by atoms with Gasteiger partial charge in [-0.15, -0.1) is 11.3 Å². The van der Waals surface area contributed by atoms with Gasteiger partial charge in [-0.2, -0.15) is 5.10 Å². The normalized spacial score (nSPS) is 11.1. The number of hydrogen-bond acceptors (Lipinski definition) is 5. The molecule has 30 heavy (non-hydrogen) atoms. The second-order valence-corrected chi connectivity index (χ2v) is 8.08. The number of halogens is 1. The molecular weight excluding hydrogens is 420 g/mol. The Bertz CT molecular complexity index is 1400. The van der Waals surface area contributed by atoms with Crippen LogP contribution in [0.2, 0.25) is 5.02 Å². The highest BCUT2D eigenvalue weighted by Gasteiger charge is 2.19. The minimum atomic E-state index is -0.406. The van der Waals surface area contributed by atoms with Gasteiger partial charge < -0.3 is 0 Å². The third kappa shape index (κ3) is 3.34. The molecule has 0 unspecified atom stereocenters. The Balaban J connectivity index is 1.73. The van der Waals surface area contributed by atoms with Crippen LogP contribution in [0.25, 0.3) is 37.7 Å². The lowest BCUT2D eigenvalue weighted by Gasteiger charge is -2.01. The van der Waals surface area contributed by atoms with Gasteiger partial charge in [-0.3, -0.25) is 10.1 Å². The molecule has 2 heterocycles. The smallest absolute Gasteiger partial charge is 0.258 e. The number of rotatable bonds is 4. The van der Waals surface area contributed by atoms with Gasteiger partial charge in [-0.25, -0.2) is 9.67 Å². The Labute approximate surface area is 180 Å². The van der Waals surface area contributed by atoms with Crippen LogP contribution in [0, 0.1) is 10.1 Å². The van der Waals surface area contributed by atoms with E-state index < -0.39 is 4.92 Å². The number of nitro groups is 1. The lowest BCUT2D eigenvalue weighted by atomic mass is 10.1. The van der Waals surface area contributed by atoms with E-state index in [1.807, 2.05) is 60.8 Å². The van der Waals surface area contributed by atoms with Crippen molar-refractivity contribution in [3.63, 3.8) is 0 Å². The van der Waals surface area contributed by atoms with Crippen molar-refractivity contribution in [2.45, 2.75) is 0 Å². The second kappa shape index (κ2) is 7.37. The molecule has 5 rings (SSSR count). The number of fused-ring (bicyclic) bond motifs is 1. The monoisotopic (exact) mass is 432 g/mol. The Morgan fingerprint density at radius 3 is 2.63 bits per heavy atom. The minimum Gasteiger partial charge on any atom is -0.258 e. The topological polar surface area (TPSA) is 73.8 Å². The molecule has 0 aliphatic heterocycles. The molecule has 0 radical (unpaired) electrons. The van der Waals surface area contributed by atoms with E-state index >= 15 is 0 Å². The first-order valence-corrected chi connectivity index (χ1v) is 10.2. The van der Waals surface area contributed by atoms with E-state index in [4.69, 9.17) is 21.7 Å². The maximum atomic E-state index is 11.3. The number of hydrogen-bond donors (Lipinski definition) is 0. The molecule has 146 valence electrons. The van der Waals surface area contributed by atoms with Gasteiger partial charge >= 0.3 is 0 Å². The largest absolute Gasteiger partial charge is 0.270 e. The highest BCUT2D eigenvalue weighted by Crippen LogP contribution is 2.38. The molecule has 0 N–H and O–H groups in total. The number of thiazole rings is 1. The third-order valence-electron chi connectivity index (χ3n) is 4.65. The molecular formula is C22H13ClN4O2S. The van der Waals surface area contributed by atoms with Crippen LogP contribution in [0.4, 0.5) is 5.69 Å². The molecule has 0 spiro atoms. The van der Waals surface area contributed by atoms with Crippen LogP contribution in [-0.4, -0.2) is 19.7 Å². The number of aromatic nitrogens is 3. The van der Waals surface area contributed by atoms with Gasteiger partial charge in [0.05, 0.1) is 26.4 Å². The fourth-order valence-corrected chi connectivity index (χ4v) is 4.36. The number of para-hydroxylation sites is 1. The summed E-state index contributed by atoms with van der Waals surface area (Å²) >= 11 is 7.65. The number of non-ortho nitro benzene ring substituents is 1. The van der Waals surface area contributed by atoms with Gasteiger partial charge in [0.1, 0.15) is 10.7 Å². The van der Waals surface area contributed by atoms with E-state index in [-0.39, 0.29) is 5.69 Å². The van der Waals surface area contributed by atoms with Crippen molar-refractivity contribution in [2.75, 3.05) is 0 Å². The van der Waals surface area contributed by atoms with Gasteiger partial charge in [-0.05, 0) is 30.3 Å². The average Bonchev–Trinajstić information content (AvgIpc) is 3.38. The Morgan fingerprint density at radius 2 is 1.83 bits per heavy atom. The predicted molar refractivity (Wildman–Crippen MR) is 119 cm³/mol. The van der Waals surface area contributed by atoms with Crippen LogP contribution in [-0.2, 0) is 0 Å². The molecule has 0 atom stereocenters. The molecule has 0 saturated carbocycles. The zero-order chi connectivity index (χ0) is 20.7. The van der Waals surface area contributed by atoms with E-state index in [0.29, 0.717) is 16.3 Å². The summed E-state index contributed by atoms with van der Waals surface area (Å²) in [6.07, 6.45) is 1.91. The van der Waals surface area contributed by atoms with Crippen LogP contribution in [0.3, 0.4) is 0 Å². The first-order valence-electron chi connectivity index (χ1n) is 9.05. The first kappa shape index (κ1) is 18.5. The second-order valence-electron chi connectivity index (χ2n) is 6.61. The quantitative estimate of drug-likeness (QED) is 0.244. The summed E-state index contributed by atoms with van der Waals surface area (Å²) in [7, 11) is 0. The predicted octanol–water partition coefficient (Wildman–Crippen LogP) is 6.38. The average molecular weight is 433 g/mol. The molecule has 0 saturated heterocycles. The number of nitrogens with zero attached hydrogens (tertiary/aromatic N) is 4. The van der Waals surface area contributed by atoms with E-state index in [1.54, 1.807) is 10.7 Å². The molecule has 0 amide bonds. The van der Waals surface area contributed by atoms with Crippen molar-refractivity contribution in [2.24, 2.45) is 0 Å². The van der Waals surface area contributed by atoms with E-state index in [0.717, 1.165) is 26.5 Å². The summed E-state index contributed by atoms with van der Waals surface area (Å²) in [5.41, 5.74) is 3.80. The maximum Gasteiger partial charge on any atom is 0.270 e. The standard InChI is InChI=1S/C22H13ClN4O2S/c23-15-9-10-20-19(12-15)24-22(30-20)18-13-26(16-6-2-1-3-7-16)25-21(18)14-5-4-8-17(11-14)27(28)29/h1-13H. The lowest BCUT2D eigenvalue weighted by Crippen LogP contribution is -1.94. The highest BCUT2D eigenvalue weighted by atomic mass is 35.5. The molecule has 2 aromatic heterocycles. The van der Waals surface area contributed by atoms with E-state index in [1.165, 1.54) is 23.5 Å². The fraction of sp³-hybridized carbons (Fsp3) is 0. The molecule has 0 fully saturated rings. The SMILES string of the molecule is O=[N+]([O-])c1cccc(-c2nn(-c3ccccc3)cc2-c2nc3cc(Cl)ccc3s2)c1. The molecule has 5 aromatic rings. The van der Waals surface area contributed by atoms with Gasteiger partial charge in [0, 0.05) is 28.9 Å². The molecule has 6 nitrogen and oxygen atoms in total. The number of benzene rings is 3. The summed E-state index contributed by atoms with van der Waals surface area (Å²) in [5, 5.41) is 17.4. The summed E-state index contributed by atoms with van der Waals surface area (Å²) in [5.74, 6) is 0. The molecule has 0 aliphatic carbocycles. The van der Waals surface area contributed by atoms with E-state index in [9.17, 15) is 10.1 Å². The maximum absolute atomic E-state index is 11.3. The third-order valence-corrected chi connectivity index (χ3v) is 5.95. The summed E-state index contributed by atoms with van der Waals surface area (Å²) in [6, 6.07) is 21.8. The number of nitro benzene ring substituents is 1. The summed E-state index contributed by atoms with van der Waals surface area (Å²) in [6.45, 7) is 0. The van der Waals surface area contributed by atoms with Crippen molar-refractivity contribution in [3.05, 3.63) is 94.1 Å². The Kier molecular flexibility index (Phi) is 4.54. The molecule has 0 bridgehead atoms.